The molecule has 2 N–H and O–H groups in total. The Morgan fingerprint density at radius 1 is 1.20 bits per heavy atom. The quantitative estimate of drug-likeness (QED) is 0.672. The number of hydrogen-bond donors (Lipinski definition) is 2. The van der Waals surface area contributed by atoms with Crippen LogP contribution in [0.5, 0.6) is 0 Å². The third-order valence-electron chi connectivity index (χ3n) is 3.68. The molecule has 1 atom stereocenters. The van der Waals surface area contributed by atoms with E-state index < -0.39 is 17.6 Å². The predicted molar refractivity (Wildman–Crippen MR) is 91.4 cm³/mol. The highest BCUT2D eigenvalue weighted by atomic mass is 16.2. The smallest absolute Gasteiger partial charge is 0.250 e. The molecule has 0 aliphatic rings. The third kappa shape index (κ3) is 3.87. The predicted octanol–water partition coefficient (Wildman–Crippen LogP) is 2.24. The normalized spacial score (nSPS) is 11.6. The van der Waals surface area contributed by atoms with E-state index in [9.17, 15) is 14.9 Å². The van der Waals surface area contributed by atoms with Gasteiger partial charge in [-0.15, -0.1) is 0 Å². The number of anilines is 1. The van der Waals surface area contributed by atoms with Gasteiger partial charge in [-0.2, -0.15) is 5.26 Å². The number of amides is 1. The summed E-state index contributed by atoms with van der Waals surface area (Å²) in [5, 5.41) is 11.7. The first kappa shape index (κ1) is 16.3. The lowest BCUT2D eigenvalue weighted by Gasteiger charge is -2.08. The molecule has 0 saturated heterocycles. The van der Waals surface area contributed by atoms with E-state index in [4.69, 9.17) is 0 Å². The molecule has 0 saturated carbocycles. The summed E-state index contributed by atoms with van der Waals surface area (Å²) in [6.45, 7) is 0. The Bertz CT molecular complexity index is 910. The topological polar surface area (TPSA) is 112 Å². The summed E-state index contributed by atoms with van der Waals surface area (Å²) >= 11 is 0. The van der Waals surface area contributed by atoms with Gasteiger partial charge in [-0.05, 0) is 24.3 Å². The van der Waals surface area contributed by atoms with Crippen LogP contribution in [0.4, 0.5) is 5.82 Å². The second-order valence-corrected chi connectivity index (χ2v) is 5.43. The van der Waals surface area contributed by atoms with Crippen LogP contribution in [-0.2, 0) is 16.0 Å². The number of aromatic amines is 1. The number of benzene rings is 1. The molecule has 0 unspecified atom stereocenters. The Morgan fingerprint density at radius 3 is 2.72 bits per heavy atom. The van der Waals surface area contributed by atoms with Crippen molar-refractivity contribution in [1.29, 1.82) is 5.26 Å². The first-order valence-corrected chi connectivity index (χ1v) is 7.75. The number of carbonyl (C=O) groups excluding carboxylic acids is 2. The Kier molecular flexibility index (Phi) is 4.81. The lowest BCUT2D eigenvalue weighted by atomic mass is 10.0. The zero-order chi connectivity index (χ0) is 17.6. The molecule has 1 aromatic carbocycles. The van der Waals surface area contributed by atoms with E-state index in [1.54, 1.807) is 24.3 Å². The highest BCUT2D eigenvalue weighted by molar-refractivity contribution is 6.09. The van der Waals surface area contributed by atoms with Crippen molar-refractivity contribution in [1.82, 2.24) is 15.0 Å². The number of imidazole rings is 1. The van der Waals surface area contributed by atoms with Gasteiger partial charge in [-0.3, -0.25) is 9.59 Å². The molecule has 0 bridgehead atoms. The highest BCUT2D eigenvalue weighted by Crippen LogP contribution is 2.13. The maximum atomic E-state index is 12.2. The van der Waals surface area contributed by atoms with Crippen LogP contribution in [0, 0.1) is 17.2 Å². The molecule has 0 radical (unpaired) electrons. The minimum Gasteiger partial charge on any atom is -0.342 e. The molecular formula is C18H15N5O2. The lowest BCUT2D eigenvalue weighted by molar-refractivity contribution is -0.128. The van der Waals surface area contributed by atoms with Crippen LogP contribution >= 0.6 is 0 Å². The molecule has 0 aliphatic heterocycles. The second kappa shape index (κ2) is 7.36. The molecule has 0 aliphatic carbocycles. The van der Waals surface area contributed by atoms with E-state index in [-0.39, 0.29) is 6.42 Å². The minimum atomic E-state index is -1.37. The van der Waals surface area contributed by atoms with Crippen molar-refractivity contribution in [2.45, 2.75) is 12.8 Å². The average molecular weight is 333 g/mol. The Balaban J connectivity index is 1.62. The summed E-state index contributed by atoms with van der Waals surface area (Å²) < 4.78 is 0. The zero-order valence-corrected chi connectivity index (χ0v) is 13.3. The summed E-state index contributed by atoms with van der Waals surface area (Å²) in [5.74, 6) is -1.53. The summed E-state index contributed by atoms with van der Waals surface area (Å²) in [5.41, 5.74) is 1.70. The van der Waals surface area contributed by atoms with Gasteiger partial charge in [0, 0.05) is 19.0 Å². The number of H-pyrrole nitrogens is 1. The molecule has 0 spiro atoms. The summed E-state index contributed by atoms with van der Waals surface area (Å²) in [6, 6.07) is 14.3. The Morgan fingerprint density at radius 2 is 2.00 bits per heavy atom. The molecule has 25 heavy (non-hydrogen) atoms. The molecular weight excluding hydrogens is 318 g/mol. The van der Waals surface area contributed by atoms with E-state index in [1.165, 1.54) is 6.20 Å². The van der Waals surface area contributed by atoms with E-state index in [0.717, 1.165) is 11.0 Å². The van der Waals surface area contributed by atoms with Gasteiger partial charge >= 0.3 is 0 Å². The number of nitriles is 1. The van der Waals surface area contributed by atoms with Crippen molar-refractivity contribution < 1.29 is 9.59 Å². The SMILES string of the molecule is N#C[C@H](C(=O)CCc1nc2ccccc2[nH]1)C(=O)Nc1ccccn1. The number of hydrogen-bond acceptors (Lipinski definition) is 5. The molecule has 0 fully saturated rings. The number of nitrogens with one attached hydrogen (secondary N) is 2. The summed E-state index contributed by atoms with van der Waals surface area (Å²) in [7, 11) is 0. The van der Waals surface area contributed by atoms with E-state index in [2.05, 4.69) is 20.3 Å². The number of aromatic nitrogens is 3. The van der Waals surface area contributed by atoms with Crippen molar-refractivity contribution in [2.75, 3.05) is 5.32 Å². The maximum absolute atomic E-state index is 12.2. The Hall–Kier alpha value is -3.53. The third-order valence-corrected chi connectivity index (χ3v) is 3.68. The first-order chi connectivity index (χ1) is 12.2. The van der Waals surface area contributed by atoms with Gasteiger partial charge in [0.1, 0.15) is 11.6 Å². The molecule has 2 heterocycles. The molecule has 7 nitrogen and oxygen atoms in total. The van der Waals surface area contributed by atoms with Crippen molar-refractivity contribution in [3.8, 4) is 6.07 Å². The van der Waals surface area contributed by atoms with Gasteiger partial charge in [-0.25, -0.2) is 9.97 Å². The van der Waals surface area contributed by atoms with Crippen LogP contribution in [0.15, 0.2) is 48.7 Å². The van der Waals surface area contributed by atoms with Crippen LogP contribution in [0.1, 0.15) is 12.2 Å². The summed E-state index contributed by atoms with van der Waals surface area (Å²) in [6.07, 6.45) is 1.90. The van der Waals surface area contributed by atoms with Gasteiger partial charge in [0.15, 0.2) is 11.7 Å². The van der Waals surface area contributed by atoms with Crippen LogP contribution in [0.3, 0.4) is 0 Å². The van der Waals surface area contributed by atoms with Gasteiger partial charge in [0.25, 0.3) is 5.91 Å². The van der Waals surface area contributed by atoms with Crippen LogP contribution in [0.2, 0.25) is 0 Å². The van der Waals surface area contributed by atoms with Crippen molar-refractivity contribution >= 4 is 28.5 Å². The van der Waals surface area contributed by atoms with Gasteiger partial charge in [-0.1, -0.05) is 18.2 Å². The fraction of sp³-hybridized carbons (Fsp3) is 0.167. The number of Topliss-reactive ketones (excluding diaryl/α,β-unsaturated/α-hetero) is 1. The molecule has 1 amide bonds. The monoisotopic (exact) mass is 333 g/mol. The molecule has 124 valence electrons. The molecule has 3 rings (SSSR count). The number of carbonyl (C=O) groups is 2. The van der Waals surface area contributed by atoms with Crippen molar-refractivity contribution in [3.63, 3.8) is 0 Å². The first-order valence-electron chi connectivity index (χ1n) is 7.75. The summed E-state index contributed by atoms with van der Waals surface area (Å²) in [4.78, 5) is 35.8. The van der Waals surface area contributed by atoms with Crippen molar-refractivity contribution in [3.05, 3.63) is 54.5 Å². The molecule has 7 heteroatoms. The lowest BCUT2D eigenvalue weighted by Crippen LogP contribution is -2.29. The number of para-hydroxylation sites is 2. The van der Waals surface area contributed by atoms with E-state index in [1.807, 2.05) is 24.3 Å². The second-order valence-electron chi connectivity index (χ2n) is 5.43. The number of pyridine rings is 1. The van der Waals surface area contributed by atoms with Crippen molar-refractivity contribution in [2.24, 2.45) is 5.92 Å². The number of ketones is 1. The van der Waals surface area contributed by atoms with Gasteiger partial charge < -0.3 is 10.3 Å². The average Bonchev–Trinajstić information content (AvgIpc) is 3.04. The molecule has 2 aromatic heterocycles. The van der Waals surface area contributed by atoms with E-state index in [0.29, 0.717) is 18.1 Å². The highest BCUT2D eigenvalue weighted by Gasteiger charge is 2.26. The standard InChI is InChI=1S/C18H15N5O2/c19-11-12(18(25)23-16-7-3-4-10-20-16)15(24)8-9-17-21-13-5-1-2-6-14(13)22-17/h1-7,10,12H,8-9H2,(H,21,22)(H,20,23,25)/t12-/m1/s1. The minimum absolute atomic E-state index is 0.0493. The number of nitrogens with zero attached hydrogens (tertiary/aromatic N) is 3. The number of fused-ring (bicyclic) bond motifs is 1. The fourth-order valence-corrected chi connectivity index (χ4v) is 2.42. The zero-order valence-electron chi connectivity index (χ0n) is 13.3. The number of rotatable bonds is 6. The molecule has 3 aromatic rings. The van der Waals surface area contributed by atoms with E-state index >= 15 is 0 Å². The Labute approximate surface area is 143 Å². The van der Waals surface area contributed by atoms with Gasteiger partial charge in [0.05, 0.1) is 17.1 Å². The van der Waals surface area contributed by atoms with Crippen LogP contribution in [-0.4, -0.2) is 26.6 Å². The van der Waals surface area contributed by atoms with Crippen LogP contribution < -0.4 is 5.32 Å². The largest absolute Gasteiger partial charge is 0.342 e. The van der Waals surface area contributed by atoms with Gasteiger partial charge in [0.2, 0.25) is 0 Å². The fourth-order valence-electron chi connectivity index (χ4n) is 2.42. The maximum Gasteiger partial charge on any atom is 0.250 e. The van der Waals surface area contributed by atoms with Crippen LogP contribution in [0.25, 0.3) is 11.0 Å². The number of aryl methyl sites for hydroxylation is 1.